The number of nitrogens with two attached hydrogens (primary N) is 1. The molecule has 0 radical (unpaired) electrons. The van der Waals surface area contributed by atoms with Crippen molar-refractivity contribution in [2.75, 3.05) is 13.1 Å². The zero-order valence-electron chi connectivity index (χ0n) is 9.30. The number of amides is 2. The second-order valence-corrected chi connectivity index (χ2v) is 4.08. The van der Waals surface area contributed by atoms with Gasteiger partial charge in [-0.25, -0.2) is 0 Å². The van der Waals surface area contributed by atoms with Crippen molar-refractivity contribution < 1.29 is 14.7 Å². The summed E-state index contributed by atoms with van der Waals surface area (Å²) >= 11 is 0. The van der Waals surface area contributed by atoms with Crippen molar-refractivity contribution in [1.29, 1.82) is 0 Å². The minimum absolute atomic E-state index is 0.0392. The van der Waals surface area contributed by atoms with Gasteiger partial charge >= 0.3 is 0 Å². The molecule has 5 heteroatoms. The minimum atomic E-state index is -1.30. The predicted molar refractivity (Wildman–Crippen MR) is 61.3 cm³/mol. The van der Waals surface area contributed by atoms with E-state index >= 15 is 0 Å². The first-order chi connectivity index (χ1) is 8.09. The summed E-state index contributed by atoms with van der Waals surface area (Å²) in [4.78, 5) is 24.3. The third kappa shape index (κ3) is 2.29. The molecule has 1 aliphatic rings. The maximum atomic E-state index is 12.0. The molecule has 2 amide bonds. The number of aliphatic hydroxyl groups excluding tert-OH is 1. The maximum Gasteiger partial charge on any atom is 0.254 e. The molecule has 0 saturated carbocycles. The summed E-state index contributed by atoms with van der Waals surface area (Å²) in [5, 5.41) is 9.38. The number of nitrogens with zero attached hydrogens (tertiary/aromatic N) is 1. The van der Waals surface area contributed by atoms with Gasteiger partial charge in [0.05, 0.1) is 6.54 Å². The third-order valence-electron chi connectivity index (χ3n) is 2.91. The largest absolute Gasteiger partial charge is 0.381 e. The van der Waals surface area contributed by atoms with Crippen LogP contribution < -0.4 is 5.73 Å². The molecule has 0 fully saturated rings. The van der Waals surface area contributed by atoms with Crippen LogP contribution in [0.4, 0.5) is 0 Å². The number of β-amino-alcohol motifs (C(OH)–C–C–N with tert-alkyl or cyclic N) is 1. The number of primary amides is 1. The van der Waals surface area contributed by atoms with Crippen molar-refractivity contribution in [1.82, 2.24) is 4.90 Å². The van der Waals surface area contributed by atoms with Crippen LogP contribution in [0.25, 0.3) is 0 Å². The Morgan fingerprint density at radius 1 is 1.47 bits per heavy atom. The monoisotopic (exact) mass is 234 g/mol. The van der Waals surface area contributed by atoms with Crippen LogP contribution in [-0.2, 0) is 11.2 Å². The Balaban J connectivity index is 2.15. The molecule has 1 aromatic rings. The maximum absolute atomic E-state index is 12.0. The molecule has 1 atom stereocenters. The first-order valence-electron chi connectivity index (χ1n) is 5.44. The van der Waals surface area contributed by atoms with Gasteiger partial charge in [0, 0.05) is 12.1 Å². The number of rotatable bonds is 3. The van der Waals surface area contributed by atoms with E-state index in [1.54, 1.807) is 12.1 Å². The van der Waals surface area contributed by atoms with E-state index in [1.165, 1.54) is 4.90 Å². The number of aliphatic hydroxyl groups is 1. The minimum Gasteiger partial charge on any atom is -0.381 e. The van der Waals surface area contributed by atoms with E-state index in [9.17, 15) is 14.7 Å². The Morgan fingerprint density at radius 2 is 2.18 bits per heavy atom. The molecular weight excluding hydrogens is 220 g/mol. The smallest absolute Gasteiger partial charge is 0.254 e. The second-order valence-electron chi connectivity index (χ2n) is 4.08. The van der Waals surface area contributed by atoms with E-state index < -0.39 is 12.0 Å². The molecule has 5 nitrogen and oxygen atoms in total. The highest BCUT2D eigenvalue weighted by Crippen LogP contribution is 2.18. The zero-order chi connectivity index (χ0) is 12.4. The molecule has 0 saturated heterocycles. The van der Waals surface area contributed by atoms with E-state index in [-0.39, 0.29) is 12.5 Å². The Kier molecular flexibility index (Phi) is 3.10. The summed E-state index contributed by atoms with van der Waals surface area (Å²) in [6, 6.07) is 7.35. The van der Waals surface area contributed by atoms with Crippen LogP contribution in [0.3, 0.4) is 0 Å². The van der Waals surface area contributed by atoms with Crippen molar-refractivity contribution >= 4 is 11.8 Å². The van der Waals surface area contributed by atoms with E-state index in [0.717, 1.165) is 12.0 Å². The third-order valence-corrected chi connectivity index (χ3v) is 2.91. The molecule has 2 rings (SSSR count). The highest BCUT2D eigenvalue weighted by Gasteiger charge is 2.26. The number of hydrogen-bond acceptors (Lipinski definition) is 3. The van der Waals surface area contributed by atoms with Crippen molar-refractivity contribution in [3.05, 3.63) is 35.4 Å². The molecule has 1 aliphatic heterocycles. The summed E-state index contributed by atoms with van der Waals surface area (Å²) in [7, 11) is 0. The molecule has 3 N–H and O–H groups in total. The van der Waals surface area contributed by atoms with E-state index in [1.807, 2.05) is 12.1 Å². The van der Waals surface area contributed by atoms with Gasteiger partial charge < -0.3 is 15.7 Å². The summed E-state index contributed by atoms with van der Waals surface area (Å²) in [6.07, 6.45) is -0.572. The van der Waals surface area contributed by atoms with Gasteiger partial charge in [0.1, 0.15) is 6.10 Å². The predicted octanol–water partition coefficient (Wildman–Crippen LogP) is -0.469. The lowest BCUT2D eigenvalue weighted by Crippen LogP contribution is -2.45. The van der Waals surface area contributed by atoms with Gasteiger partial charge in [-0.3, -0.25) is 9.59 Å². The number of carbonyl (C=O) groups is 2. The van der Waals surface area contributed by atoms with Crippen LogP contribution in [0, 0.1) is 0 Å². The average Bonchev–Trinajstić information content (AvgIpc) is 2.33. The zero-order valence-corrected chi connectivity index (χ0v) is 9.30. The fraction of sp³-hybridized carbons (Fsp3) is 0.333. The normalized spacial score (nSPS) is 16.5. The van der Waals surface area contributed by atoms with Crippen LogP contribution >= 0.6 is 0 Å². The highest BCUT2D eigenvalue weighted by molar-refractivity contribution is 5.97. The molecule has 0 spiro atoms. The Bertz CT molecular complexity index is 459. The lowest BCUT2D eigenvalue weighted by molar-refractivity contribution is -0.126. The van der Waals surface area contributed by atoms with E-state index in [0.29, 0.717) is 12.1 Å². The SMILES string of the molecule is NC(=O)C(O)CN1CCc2ccccc2C1=O. The molecule has 1 heterocycles. The first-order valence-corrected chi connectivity index (χ1v) is 5.44. The molecule has 1 aromatic carbocycles. The summed E-state index contributed by atoms with van der Waals surface area (Å²) < 4.78 is 0. The van der Waals surface area contributed by atoms with E-state index in [2.05, 4.69) is 0 Å². The van der Waals surface area contributed by atoms with E-state index in [4.69, 9.17) is 5.73 Å². The first kappa shape index (κ1) is 11.6. The number of carbonyl (C=O) groups excluding carboxylic acids is 2. The van der Waals surface area contributed by atoms with Gasteiger partial charge in [-0.2, -0.15) is 0 Å². The number of fused-ring (bicyclic) bond motifs is 1. The van der Waals surface area contributed by atoms with Crippen LogP contribution in [0.5, 0.6) is 0 Å². The van der Waals surface area contributed by atoms with Gasteiger partial charge in [0.25, 0.3) is 5.91 Å². The molecule has 0 bridgehead atoms. The van der Waals surface area contributed by atoms with Crippen molar-refractivity contribution in [3.63, 3.8) is 0 Å². The van der Waals surface area contributed by atoms with Crippen LogP contribution in [0.2, 0.25) is 0 Å². The number of benzene rings is 1. The molecule has 1 unspecified atom stereocenters. The average molecular weight is 234 g/mol. The summed E-state index contributed by atoms with van der Waals surface area (Å²) in [5.74, 6) is -0.969. The Hall–Kier alpha value is -1.88. The molecule has 17 heavy (non-hydrogen) atoms. The molecular formula is C12H14N2O3. The molecule has 0 aromatic heterocycles. The van der Waals surface area contributed by atoms with Gasteiger partial charge in [-0.05, 0) is 18.1 Å². The topological polar surface area (TPSA) is 83.6 Å². The lowest BCUT2D eigenvalue weighted by Gasteiger charge is -2.29. The van der Waals surface area contributed by atoms with Gasteiger partial charge in [0.15, 0.2) is 0 Å². The van der Waals surface area contributed by atoms with Crippen molar-refractivity contribution in [2.45, 2.75) is 12.5 Å². The lowest BCUT2D eigenvalue weighted by atomic mass is 9.99. The quantitative estimate of drug-likeness (QED) is 0.741. The van der Waals surface area contributed by atoms with Gasteiger partial charge in [-0.1, -0.05) is 18.2 Å². The fourth-order valence-electron chi connectivity index (χ4n) is 1.95. The second kappa shape index (κ2) is 4.55. The number of hydrogen-bond donors (Lipinski definition) is 2. The molecule has 0 aliphatic carbocycles. The fourth-order valence-corrected chi connectivity index (χ4v) is 1.95. The van der Waals surface area contributed by atoms with Gasteiger partial charge in [-0.15, -0.1) is 0 Å². The highest BCUT2D eigenvalue weighted by atomic mass is 16.3. The van der Waals surface area contributed by atoms with Crippen molar-refractivity contribution in [3.8, 4) is 0 Å². The van der Waals surface area contributed by atoms with Gasteiger partial charge in [0.2, 0.25) is 5.91 Å². The van der Waals surface area contributed by atoms with Crippen LogP contribution in [0.1, 0.15) is 15.9 Å². The van der Waals surface area contributed by atoms with Crippen molar-refractivity contribution in [2.24, 2.45) is 5.73 Å². The standard InChI is InChI=1S/C12H14N2O3/c13-11(16)10(15)7-14-6-5-8-3-1-2-4-9(8)12(14)17/h1-4,10,15H,5-7H2,(H2,13,16). The van der Waals surface area contributed by atoms with Crippen LogP contribution in [-0.4, -0.2) is 41.0 Å². The summed E-state index contributed by atoms with van der Waals surface area (Å²) in [5.41, 5.74) is 6.60. The summed E-state index contributed by atoms with van der Waals surface area (Å²) in [6.45, 7) is 0.461. The molecule has 90 valence electrons. The van der Waals surface area contributed by atoms with Crippen LogP contribution in [0.15, 0.2) is 24.3 Å². The Labute approximate surface area is 98.8 Å². The Morgan fingerprint density at radius 3 is 2.88 bits per heavy atom.